The maximum atomic E-state index is 6.33. The number of ether oxygens (including phenoxy) is 1. The molecule has 0 saturated carbocycles. The van der Waals surface area contributed by atoms with Crippen LogP contribution in [0.3, 0.4) is 0 Å². The van der Waals surface area contributed by atoms with E-state index in [2.05, 4.69) is 29.7 Å². The Labute approximate surface area is 118 Å². The summed E-state index contributed by atoms with van der Waals surface area (Å²) < 4.78 is 7.92. The van der Waals surface area contributed by atoms with Gasteiger partial charge in [-0.1, -0.05) is 12.1 Å². The number of rotatable bonds is 2. The van der Waals surface area contributed by atoms with E-state index in [1.54, 1.807) is 0 Å². The molecule has 0 N–H and O–H groups in total. The molecule has 19 heavy (non-hydrogen) atoms. The van der Waals surface area contributed by atoms with Gasteiger partial charge in [0.15, 0.2) is 0 Å². The molecular weight excluding hydrogens is 260 g/mol. The Morgan fingerprint density at radius 3 is 3.00 bits per heavy atom. The highest BCUT2D eigenvalue weighted by molar-refractivity contribution is 6.20. The van der Waals surface area contributed by atoms with Gasteiger partial charge in [-0.3, -0.25) is 0 Å². The number of aryl methyl sites for hydroxylation is 1. The van der Waals surface area contributed by atoms with Crippen LogP contribution in [0.15, 0.2) is 18.2 Å². The summed E-state index contributed by atoms with van der Waals surface area (Å²) >= 11 is 6.33. The van der Waals surface area contributed by atoms with Crippen molar-refractivity contribution < 1.29 is 4.74 Å². The molecule has 2 aromatic rings. The molecule has 4 heteroatoms. The molecule has 3 nitrogen and oxygen atoms in total. The molecule has 2 unspecified atom stereocenters. The largest absolute Gasteiger partial charge is 0.379 e. The first-order valence-corrected chi connectivity index (χ1v) is 7.31. The number of nitrogens with zero attached hydrogens (tertiary/aromatic N) is 2. The van der Waals surface area contributed by atoms with Gasteiger partial charge in [0.25, 0.3) is 0 Å². The van der Waals surface area contributed by atoms with E-state index in [0.717, 1.165) is 37.4 Å². The number of benzene rings is 1. The lowest BCUT2D eigenvalue weighted by molar-refractivity contribution is 0.0595. The van der Waals surface area contributed by atoms with E-state index in [1.807, 2.05) is 6.92 Å². The minimum atomic E-state index is -0.0891. The van der Waals surface area contributed by atoms with Crippen molar-refractivity contribution in [3.8, 4) is 0 Å². The quantitative estimate of drug-likeness (QED) is 0.777. The van der Waals surface area contributed by atoms with Crippen LogP contribution in [0, 0.1) is 6.92 Å². The summed E-state index contributed by atoms with van der Waals surface area (Å²) in [5.74, 6) is 0.960. The third kappa shape index (κ3) is 2.26. The Morgan fingerprint density at radius 2 is 2.32 bits per heavy atom. The van der Waals surface area contributed by atoms with Crippen molar-refractivity contribution >= 4 is 22.6 Å². The predicted octanol–water partition coefficient (Wildman–Crippen LogP) is 4.00. The molecular formula is C15H19ClN2O. The van der Waals surface area contributed by atoms with Gasteiger partial charge >= 0.3 is 0 Å². The lowest BCUT2D eigenvalue weighted by Gasteiger charge is -2.26. The number of halogens is 1. The molecule has 0 aliphatic carbocycles. The fourth-order valence-electron chi connectivity index (χ4n) is 2.87. The van der Waals surface area contributed by atoms with Gasteiger partial charge in [-0.15, -0.1) is 11.6 Å². The molecule has 1 aromatic heterocycles. The fourth-order valence-corrected chi connectivity index (χ4v) is 3.02. The minimum absolute atomic E-state index is 0.0891. The molecule has 102 valence electrons. The Balaban J connectivity index is 2.18. The normalized spacial score (nSPS) is 21.7. The van der Waals surface area contributed by atoms with E-state index >= 15 is 0 Å². The van der Waals surface area contributed by atoms with Crippen LogP contribution in [0.1, 0.15) is 42.6 Å². The number of alkyl halides is 1. The summed E-state index contributed by atoms with van der Waals surface area (Å²) in [6.45, 7) is 5.71. The first-order valence-electron chi connectivity index (χ1n) is 6.87. The molecule has 2 heterocycles. The molecule has 1 aromatic carbocycles. The van der Waals surface area contributed by atoms with Crippen molar-refractivity contribution in [2.75, 3.05) is 13.2 Å². The monoisotopic (exact) mass is 278 g/mol. The first-order chi connectivity index (χ1) is 9.18. The summed E-state index contributed by atoms with van der Waals surface area (Å²) in [7, 11) is 0. The fraction of sp³-hybridized carbons (Fsp3) is 0.533. The lowest BCUT2D eigenvalue weighted by atomic mass is 10.1. The molecule has 0 radical (unpaired) electrons. The zero-order valence-electron chi connectivity index (χ0n) is 11.4. The predicted molar refractivity (Wildman–Crippen MR) is 77.8 cm³/mol. The highest BCUT2D eigenvalue weighted by atomic mass is 35.5. The van der Waals surface area contributed by atoms with Gasteiger partial charge in [-0.05, 0) is 38.3 Å². The molecule has 0 spiro atoms. The van der Waals surface area contributed by atoms with Gasteiger partial charge in [-0.25, -0.2) is 4.98 Å². The maximum Gasteiger partial charge on any atom is 0.128 e. The molecule has 1 aliphatic heterocycles. The van der Waals surface area contributed by atoms with E-state index in [-0.39, 0.29) is 5.38 Å². The smallest absolute Gasteiger partial charge is 0.128 e. The highest BCUT2D eigenvalue weighted by Crippen LogP contribution is 2.32. The summed E-state index contributed by atoms with van der Waals surface area (Å²) in [6, 6.07) is 6.67. The topological polar surface area (TPSA) is 27.1 Å². The van der Waals surface area contributed by atoms with Crippen molar-refractivity contribution in [2.24, 2.45) is 0 Å². The summed E-state index contributed by atoms with van der Waals surface area (Å²) in [4.78, 5) is 4.76. The summed E-state index contributed by atoms with van der Waals surface area (Å²) in [5.41, 5.74) is 3.44. The van der Waals surface area contributed by atoms with Crippen molar-refractivity contribution in [1.82, 2.24) is 9.55 Å². The van der Waals surface area contributed by atoms with E-state index in [4.69, 9.17) is 21.3 Å². The van der Waals surface area contributed by atoms with Gasteiger partial charge in [0.1, 0.15) is 5.82 Å². The van der Waals surface area contributed by atoms with Gasteiger partial charge in [0, 0.05) is 6.61 Å². The Morgan fingerprint density at radius 1 is 1.47 bits per heavy atom. The van der Waals surface area contributed by atoms with E-state index in [0.29, 0.717) is 6.04 Å². The van der Waals surface area contributed by atoms with E-state index in [9.17, 15) is 0 Å². The SMILES string of the molecule is Cc1cccc2c1nc(C(C)Cl)n2C1CCCOC1. The minimum Gasteiger partial charge on any atom is -0.379 e. The van der Waals surface area contributed by atoms with E-state index < -0.39 is 0 Å². The van der Waals surface area contributed by atoms with Gasteiger partial charge < -0.3 is 9.30 Å². The molecule has 2 atom stereocenters. The number of hydrogen-bond donors (Lipinski definition) is 0. The molecule has 1 aliphatic rings. The Hall–Kier alpha value is -1.06. The third-order valence-electron chi connectivity index (χ3n) is 3.81. The first kappa shape index (κ1) is 12.9. The molecule has 3 rings (SSSR count). The van der Waals surface area contributed by atoms with Gasteiger partial charge in [0.05, 0.1) is 29.1 Å². The second-order valence-corrected chi connectivity index (χ2v) is 5.92. The summed E-state index contributed by atoms with van der Waals surface area (Å²) in [5, 5.41) is -0.0891. The van der Waals surface area contributed by atoms with Crippen LogP contribution < -0.4 is 0 Å². The van der Waals surface area contributed by atoms with Crippen LogP contribution >= 0.6 is 11.6 Å². The Kier molecular flexibility index (Phi) is 3.50. The number of hydrogen-bond acceptors (Lipinski definition) is 2. The van der Waals surface area contributed by atoms with Crippen LogP contribution in [0.5, 0.6) is 0 Å². The number of fused-ring (bicyclic) bond motifs is 1. The highest BCUT2D eigenvalue weighted by Gasteiger charge is 2.24. The lowest BCUT2D eigenvalue weighted by Crippen LogP contribution is -2.23. The maximum absolute atomic E-state index is 6.33. The zero-order chi connectivity index (χ0) is 13.4. The molecule has 0 amide bonds. The van der Waals surface area contributed by atoms with Crippen LogP contribution in [0.2, 0.25) is 0 Å². The standard InChI is InChI=1S/C15H19ClN2O/c1-10-5-3-7-13-14(10)17-15(11(2)16)18(13)12-6-4-8-19-9-12/h3,5,7,11-12H,4,6,8-9H2,1-2H3. The molecule has 1 fully saturated rings. The number of para-hydroxylation sites is 1. The second-order valence-electron chi connectivity index (χ2n) is 5.27. The van der Waals surface area contributed by atoms with Crippen molar-refractivity contribution in [1.29, 1.82) is 0 Å². The molecule has 0 bridgehead atoms. The molecule has 1 saturated heterocycles. The zero-order valence-corrected chi connectivity index (χ0v) is 12.2. The number of aromatic nitrogens is 2. The van der Waals surface area contributed by atoms with Gasteiger partial charge in [-0.2, -0.15) is 0 Å². The van der Waals surface area contributed by atoms with Crippen LogP contribution in [-0.2, 0) is 4.74 Å². The summed E-state index contributed by atoms with van der Waals surface area (Å²) in [6.07, 6.45) is 2.24. The van der Waals surface area contributed by atoms with Crippen LogP contribution in [0.25, 0.3) is 11.0 Å². The van der Waals surface area contributed by atoms with Crippen LogP contribution in [0.4, 0.5) is 0 Å². The van der Waals surface area contributed by atoms with Crippen molar-refractivity contribution in [2.45, 2.75) is 38.1 Å². The average molecular weight is 279 g/mol. The Bertz CT molecular complexity index is 585. The number of imidazole rings is 1. The van der Waals surface area contributed by atoms with E-state index in [1.165, 1.54) is 11.1 Å². The van der Waals surface area contributed by atoms with Crippen molar-refractivity contribution in [3.05, 3.63) is 29.6 Å². The van der Waals surface area contributed by atoms with Crippen LogP contribution in [-0.4, -0.2) is 22.8 Å². The average Bonchev–Trinajstić information content (AvgIpc) is 2.81. The third-order valence-corrected chi connectivity index (χ3v) is 4.00. The van der Waals surface area contributed by atoms with Crippen molar-refractivity contribution in [3.63, 3.8) is 0 Å². The van der Waals surface area contributed by atoms with Gasteiger partial charge in [0.2, 0.25) is 0 Å². The second kappa shape index (κ2) is 5.14.